The standard InChI is InChI=1S/C19H19F3N6O3/c1-3-16(27-12(2)7-17(25-27)28(30)31)18(29)24-15-9-23-26(11-15)10-13-5-4-6-14(8-13)19(20,21)22/h4-9,11,16H,3,10H2,1-2H3,(H,24,29). The molecule has 1 atom stereocenters. The molecule has 0 aliphatic carbocycles. The number of alkyl halides is 3. The van der Waals surface area contributed by atoms with Gasteiger partial charge >= 0.3 is 12.0 Å². The van der Waals surface area contributed by atoms with Crippen LogP contribution in [0.15, 0.2) is 42.7 Å². The number of aryl methyl sites for hydroxylation is 1. The van der Waals surface area contributed by atoms with Crippen LogP contribution in [0.25, 0.3) is 0 Å². The molecule has 3 aromatic rings. The quantitative estimate of drug-likeness (QED) is 0.446. The van der Waals surface area contributed by atoms with Crippen LogP contribution in [0, 0.1) is 17.0 Å². The Bertz CT molecular complexity index is 1110. The fourth-order valence-electron chi connectivity index (χ4n) is 3.12. The number of carbonyl (C=O) groups is 1. The molecule has 0 spiro atoms. The lowest BCUT2D eigenvalue weighted by Gasteiger charge is -2.13. The zero-order valence-electron chi connectivity index (χ0n) is 16.6. The SMILES string of the molecule is CCC(C(=O)Nc1cnn(Cc2cccc(C(F)(F)F)c2)c1)n1nc([N+](=O)[O-])cc1C. The van der Waals surface area contributed by atoms with Crippen molar-refractivity contribution in [3.63, 3.8) is 0 Å². The summed E-state index contributed by atoms with van der Waals surface area (Å²) in [4.78, 5) is 23.0. The second kappa shape index (κ2) is 8.58. The normalized spacial score (nSPS) is 12.5. The highest BCUT2D eigenvalue weighted by atomic mass is 19.4. The average Bonchev–Trinajstić information content (AvgIpc) is 3.29. The number of hydrogen-bond acceptors (Lipinski definition) is 5. The number of amides is 1. The molecule has 12 heteroatoms. The minimum absolute atomic E-state index is 0.0848. The highest BCUT2D eigenvalue weighted by Gasteiger charge is 2.30. The number of aromatic nitrogens is 4. The van der Waals surface area contributed by atoms with Crippen molar-refractivity contribution in [2.75, 3.05) is 5.32 Å². The molecule has 1 N–H and O–H groups in total. The lowest BCUT2D eigenvalue weighted by atomic mass is 10.1. The van der Waals surface area contributed by atoms with Gasteiger partial charge in [-0.15, -0.1) is 0 Å². The van der Waals surface area contributed by atoms with E-state index >= 15 is 0 Å². The molecule has 0 radical (unpaired) electrons. The van der Waals surface area contributed by atoms with E-state index in [0.29, 0.717) is 23.4 Å². The summed E-state index contributed by atoms with van der Waals surface area (Å²) >= 11 is 0. The summed E-state index contributed by atoms with van der Waals surface area (Å²) in [6.07, 6.45) is -1.24. The molecule has 164 valence electrons. The van der Waals surface area contributed by atoms with E-state index in [1.807, 2.05) is 0 Å². The number of hydrogen-bond donors (Lipinski definition) is 1. The Morgan fingerprint density at radius 2 is 2.06 bits per heavy atom. The van der Waals surface area contributed by atoms with Crippen molar-refractivity contribution >= 4 is 17.4 Å². The van der Waals surface area contributed by atoms with Gasteiger partial charge in [0.15, 0.2) is 6.04 Å². The van der Waals surface area contributed by atoms with Crippen LogP contribution in [0.3, 0.4) is 0 Å². The van der Waals surface area contributed by atoms with Crippen LogP contribution in [-0.4, -0.2) is 30.4 Å². The van der Waals surface area contributed by atoms with E-state index in [2.05, 4.69) is 15.5 Å². The lowest BCUT2D eigenvalue weighted by molar-refractivity contribution is -0.389. The molecule has 0 aliphatic heterocycles. The summed E-state index contributed by atoms with van der Waals surface area (Å²) < 4.78 is 41.3. The number of nitrogens with zero attached hydrogens (tertiary/aromatic N) is 5. The van der Waals surface area contributed by atoms with Crippen molar-refractivity contribution in [2.24, 2.45) is 0 Å². The Labute approximate surface area is 174 Å². The van der Waals surface area contributed by atoms with Gasteiger partial charge in [0.25, 0.3) is 5.91 Å². The third-order valence-electron chi connectivity index (χ3n) is 4.58. The number of carbonyl (C=O) groups excluding carboxylic acids is 1. The van der Waals surface area contributed by atoms with Crippen molar-refractivity contribution in [1.82, 2.24) is 19.6 Å². The largest absolute Gasteiger partial charge is 0.416 e. The molecule has 31 heavy (non-hydrogen) atoms. The molecule has 1 aromatic carbocycles. The van der Waals surface area contributed by atoms with Gasteiger partial charge in [-0.1, -0.05) is 19.1 Å². The van der Waals surface area contributed by atoms with E-state index in [0.717, 1.165) is 12.1 Å². The van der Waals surface area contributed by atoms with Crippen LogP contribution in [0.2, 0.25) is 0 Å². The number of rotatable bonds is 7. The Kier molecular flexibility index (Phi) is 6.09. The number of halogens is 3. The topological polar surface area (TPSA) is 108 Å². The smallest absolute Gasteiger partial charge is 0.358 e. The van der Waals surface area contributed by atoms with Crippen molar-refractivity contribution in [1.29, 1.82) is 0 Å². The summed E-state index contributed by atoms with van der Waals surface area (Å²) in [5.41, 5.74) is 0.463. The molecule has 1 unspecified atom stereocenters. The first kappa shape index (κ1) is 22.0. The van der Waals surface area contributed by atoms with E-state index in [4.69, 9.17) is 0 Å². The molecular weight excluding hydrogens is 417 g/mol. The number of benzene rings is 1. The molecule has 0 fully saturated rings. The van der Waals surface area contributed by atoms with Crippen molar-refractivity contribution in [2.45, 2.75) is 39.0 Å². The summed E-state index contributed by atoms with van der Waals surface area (Å²) in [6.45, 7) is 3.44. The third kappa shape index (κ3) is 5.08. The fourth-order valence-corrected chi connectivity index (χ4v) is 3.12. The van der Waals surface area contributed by atoms with Crippen molar-refractivity contribution < 1.29 is 22.9 Å². The van der Waals surface area contributed by atoms with Gasteiger partial charge < -0.3 is 15.4 Å². The molecule has 0 saturated carbocycles. The number of anilines is 1. The summed E-state index contributed by atoms with van der Waals surface area (Å²) in [5, 5.41) is 21.5. The molecule has 2 aromatic heterocycles. The van der Waals surface area contributed by atoms with Crippen LogP contribution in [0.4, 0.5) is 24.7 Å². The average molecular weight is 436 g/mol. The molecule has 0 aliphatic rings. The zero-order chi connectivity index (χ0) is 22.8. The first-order valence-electron chi connectivity index (χ1n) is 9.28. The van der Waals surface area contributed by atoms with E-state index < -0.39 is 28.6 Å². The van der Waals surface area contributed by atoms with Crippen molar-refractivity contribution in [3.05, 3.63) is 69.7 Å². The second-order valence-electron chi connectivity index (χ2n) is 6.88. The molecule has 0 saturated heterocycles. The minimum Gasteiger partial charge on any atom is -0.358 e. The predicted molar refractivity (Wildman–Crippen MR) is 104 cm³/mol. The summed E-state index contributed by atoms with van der Waals surface area (Å²) in [6, 6.07) is 5.41. The van der Waals surface area contributed by atoms with Crippen LogP contribution in [0.5, 0.6) is 0 Å². The van der Waals surface area contributed by atoms with Crippen LogP contribution in [0.1, 0.15) is 36.2 Å². The fraction of sp³-hybridized carbons (Fsp3) is 0.316. The van der Waals surface area contributed by atoms with Gasteiger partial charge in [-0.25, -0.2) is 0 Å². The summed E-state index contributed by atoms with van der Waals surface area (Å²) in [5.74, 6) is -0.792. The second-order valence-corrected chi connectivity index (χ2v) is 6.88. The van der Waals surface area contributed by atoms with Crippen LogP contribution < -0.4 is 5.32 Å². The Morgan fingerprint density at radius 1 is 1.32 bits per heavy atom. The highest BCUT2D eigenvalue weighted by Crippen LogP contribution is 2.29. The Morgan fingerprint density at radius 3 is 2.68 bits per heavy atom. The maximum Gasteiger partial charge on any atom is 0.416 e. The first-order valence-corrected chi connectivity index (χ1v) is 9.28. The van der Waals surface area contributed by atoms with Gasteiger partial charge in [-0.05, 0) is 36.0 Å². The third-order valence-corrected chi connectivity index (χ3v) is 4.58. The summed E-state index contributed by atoms with van der Waals surface area (Å²) in [7, 11) is 0. The van der Waals surface area contributed by atoms with Gasteiger partial charge in [-0.2, -0.15) is 23.0 Å². The van der Waals surface area contributed by atoms with E-state index in [9.17, 15) is 28.1 Å². The number of nitrogens with one attached hydrogen (secondary N) is 1. The Balaban J connectivity index is 1.71. The molecule has 0 bridgehead atoms. The van der Waals surface area contributed by atoms with Gasteiger partial charge in [0.2, 0.25) is 0 Å². The van der Waals surface area contributed by atoms with E-state index in [-0.39, 0.29) is 12.4 Å². The van der Waals surface area contributed by atoms with Gasteiger partial charge in [-0.3, -0.25) is 9.48 Å². The van der Waals surface area contributed by atoms with Crippen molar-refractivity contribution in [3.8, 4) is 0 Å². The minimum atomic E-state index is -4.44. The molecule has 2 heterocycles. The maximum absolute atomic E-state index is 12.9. The molecule has 3 rings (SSSR count). The monoisotopic (exact) mass is 436 g/mol. The Hall–Kier alpha value is -3.70. The first-order chi connectivity index (χ1) is 14.6. The van der Waals surface area contributed by atoms with Gasteiger partial charge in [0, 0.05) is 6.20 Å². The zero-order valence-corrected chi connectivity index (χ0v) is 16.6. The van der Waals surface area contributed by atoms with Crippen LogP contribution in [-0.2, 0) is 17.5 Å². The molecule has 1 amide bonds. The molecule has 9 nitrogen and oxygen atoms in total. The van der Waals surface area contributed by atoms with Gasteiger partial charge in [0.05, 0.1) is 40.9 Å². The maximum atomic E-state index is 12.9. The highest BCUT2D eigenvalue weighted by molar-refractivity contribution is 5.93. The molecular formula is C19H19F3N6O3. The van der Waals surface area contributed by atoms with Gasteiger partial charge in [0.1, 0.15) is 0 Å². The number of nitro groups is 1. The van der Waals surface area contributed by atoms with E-state index in [1.165, 1.54) is 33.9 Å². The lowest BCUT2D eigenvalue weighted by Crippen LogP contribution is -2.27. The van der Waals surface area contributed by atoms with E-state index in [1.54, 1.807) is 19.9 Å². The predicted octanol–water partition coefficient (Wildman–Crippen LogP) is 3.95. The van der Waals surface area contributed by atoms with Crippen LogP contribution >= 0.6 is 0 Å².